The van der Waals surface area contributed by atoms with E-state index in [2.05, 4.69) is 45.1 Å². The molecule has 0 radical (unpaired) electrons. The number of carbonyl (C=O) groups is 1. The Labute approximate surface area is 165 Å². The van der Waals surface area contributed by atoms with Crippen molar-refractivity contribution in [3.63, 3.8) is 0 Å². The molecule has 0 saturated carbocycles. The average Bonchev–Trinajstić information content (AvgIpc) is 3.33. The van der Waals surface area contributed by atoms with Crippen LogP contribution in [0, 0.1) is 0 Å². The highest BCUT2D eigenvalue weighted by Gasteiger charge is 2.35. The summed E-state index contributed by atoms with van der Waals surface area (Å²) in [5.74, 6) is 0.174. The predicted octanol–water partition coefficient (Wildman–Crippen LogP) is 3.25. The maximum Gasteiger partial charge on any atom is 0.255 e. The molecule has 5 nitrogen and oxygen atoms in total. The summed E-state index contributed by atoms with van der Waals surface area (Å²) in [6, 6.07) is 15.1. The maximum absolute atomic E-state index is 13.0. The normalized spacial score (nSPS) is 18.2. The number of hydrogen-bond donors (Lipinski definition) is 2. The number of rotatable bonds is 4. The van der Waals surface area contributed by atoms with Crippen molar-refractivity contribution in [3.8, 4) is 0 Å². The number of H-pyrrole nitrogens is 1. The van der Waals surface area contributed by atoms with Gasteiger partial charge >= 0.3 is 0 Å². The van der Waals surface area contributed by atoms with Gasteiger partial charge in [-0.25, -0.2) is 0 Å². The lowest BCUT2D eigenvalue weighted by atomic mass is 10.0. The number of fused-ring (bicyclic) bond motifs is 2. The van der Waals surface area contributed by atoms with Gasteiger partial charge in [-0.05, 0) is 53.1 Å². The summed E-state index contributed by atoms with van der Waals surface area (Å²) in [7, 11) is 0. The summed E-state index contributed by atoms with van der Waals surface area (Å²) < 4.78 is 0. The molecule has 1 fully saturated rings. The topological polar surface area (TPSA) is 65.4 Å². The van der Waals surface area contributed by atoms with Crippen LogP contribution in [0.5, 0.6) is 0 Å². The molecule has 0 unspecified atom stereocenters. The first kappa shape index (κ1) is 17.5. The number of nitrogens with one attached hydrogen (secondary N) is 1. The zero-order valence-electron chi connectivity index (χ0n) is 16.0. The van der Waals surface area contributed by atoms with E-state index in [0.717, 1.165) is 55.7 Å². The Balaban J connectivity index is 1.23. The maximum atomic E-state index is 13.0. The minimum atomic E-state index is 0.174. The standard InChI is InChI=1S/C23H26N4O/c24-13-18-2-1-3-19-15-27(23(28)22(18)19)20-7-10-26(11-8-20)14-16-4-5-21-17(12-16)6-9-25-21/h1-6,9,12,20,25H,7-8,10-11,13-15,24H2. The molecule has 1 amide bonds. The third-order valence-corrected chi connectivity index (χ3v) is 6.29. The lowest BCUT2D eigenvalue weighted by Crippen LogP contribution is -2.44. The zero-order valence-corrected chi connectivity index (χ0v) is 16.0. The van der Waals surface area contributed by atoms with E-state index in [-0.39, 0.29) is 5.91 Å². The first-order chi connectivity index (χ1) is 13.7. The molecule has 0 spiro atoms. The molecular weight excluding hydrogens is 348 g/mol. The van der Waals surface area contributed by atoms with E-state index in [9.17, 15) is 4.79 Å². The highest BCUT2D eigenvalue weighted by molar-refractivity contribution is 6.00. The quantitative estimate of drug-likeness (QED) is 0.737. The van der Waals surface area contributed by atoms with E-state index >= 15 is 0 Å². The second-order valence-electron chi connectivity index (χ2n) is 8.00. The number of amides is 1. The van der Waals surface area contributed by atoms with Gasteiger partial charge in [0.05, 0.1) is 0 Å². The summed E-state index contributed by atoms with van der Waals surface area (Å²) in [5, 5.41) is 1.27. The fourth-order valence-corrected chi connectivity index (χ4v) is 4.77. The Morgan fingerprint density at radius 2 is 1.96 bits per heavy atom. The van der Waals surface area contributed by atoms with E-state index in [1.54, 1.807) is 0 Å². The highest BCUT2D eigenvalue weighted by atomic mass is 16.2. The van der Waals surface area contributed by atoms with Gasteiger partial charge in [-0.3, -0.25) is 9.69 Å². The van der Waals surface area contributed by atoms with Gasteiger partial charge in [0, 0.05) is 56.0 Å². The van der Waals surface area contributed by atoms with Crippen LogP contribution >= 0.6 is 0 Å². The monoisotopic (exact) mass is 374 g/mol. The van der Waals surface area contributed by atoms with Crippen molar-refractivity contribution in [2.75, 3.05) is 13.1 Å². The average molecular weight is 374 g/mol. The van der Waals surface area contributed by atoms with E-state index in [4.69, 9.17) is 5.73 Å². The van der Waals surface area contributed by atoms with Gasteiger partial charge in [-0.2, -0.15) is 0 Å². The van der Waals surface area contributed by atoms with Crippen LogP contribution in [0.15, 0.2) is 48.7 Å². The Morgan fingerprint density at radius 3 is 2.79 bits per heavy atom. The molecule has 28 heavy (non-hydrogen) atoms. The van der Waals surface area contributed by atoms with Crippen molar-refractivity contribution >= 4 is 16.8 Å². The van der Waals surface area contributed by atoms with E-state index < -0.39 is 0 Å². The number of hydrogen-bond acceptors (Lipinski definition) is 3. The number of nitrogens with zero attached hydrogens (tertiary/aromatic N) is 2. The van der Waals surface area contributed by atoms with E-state index in [0.29, 0.717) is 12.6 Å². The number of nitrogens with two attached hydrogens (primary N) is 1. The molecule has 144 valence electrons. The molecule has 0 atom stereocenters. The van der Waals surface area contributed by atoms with Crippen molar-refractivity contribution in [1.29, 1.82) is 0 Å². The SMILES string of the molecule is NCc1cccc2c1C(=O)N(C1CCN(Cc3ccc4[nH]ccc4c3)CC1)C2. The summed E-state index contributed by atoms with van der Waals surface area (Å²) in [6.45, 7) is 4.18. The fraction of sp³-hybridized carbons (Fsp3) is 0.348. The molecular formula is C23H26N4O. The molecule has 2 aliphatic heterocycles. The Kier molecular flexibility index (Phi) is 4.41. The first-order valence-corrected chi connectivity index (χ1v) is 10.1. The molecule has 5 rings (SSSR count). The molecule has 1 saturated heterocycles. The number of aromatic amines is 1. The number of likely N-dealkylation sites (tertiary alicyclic amines) is 1. The third kappa shape index (κ3) is 3.01. The zero-order chi connectivity index (χ0) is 19.1. The van der Waals surface area contributed by atoms with Gasteiger partial charge in [-0.15, -0.1) is 0 Å². The minimum absolute atomic E-state index is 0.174. The second kappa shape index (κ2) is 7.08. The number of aromatic nitrogens is 1. The molecule has 5 heteroatoms. The van der Waals surface area contributed by atoms with Gasteiger partial charge in [0.15, 0.2) is 0 Å². The van der Waals surface area contributed by atoms with Crippen LogP contribution in [-0.2, 0) is 19.6 Å². The van der Waals surface area contributed by atoms with Crippen LogP contribution in [0.1, 0.15) is 39.9 Å². The van der Waals surface area contributed by atoms with Crippen LogP contribution in [0.2, 0.25) is 0 Å². The van der Waals surface area contributed by atoms with Crippen LogP contribution in [-0.4, -0.2) is 39.8 Å². The van der Waals surface area contributed by atoms with Crippen LogP contribution in [0.25, 0.3) is 10.9 Å². The number of piperidine rings is 1. The number of benzene rings is 2. The van der Waals surface area contributed by atoms with E-state index in [1.165, 1.54) is 16.5 Å². The van der Waals surface area contributed by atoms with Crippen LogP contribution < -0.4 is 5.73 Å². The van der Waals surface area contributed by atoms with Crippen molar-refractivity contribution in [2.45, 2.75) is 38.5 Å². The largest absolute Gasteiger partial charge is 0.361 e. The Morgan fingerprint density at radius 1 is 1.11 bits per heavy atom. The fourth-order valence-electron chi connectivity index (χ4n) is 4.77. The Hall–Kier alpha value is -2.63. The number of carbonyl (C=O) groups excluding carboxylic acids is 1. The van der Waals surface area contributed by atoms with Gasteiger partial charge in [0.1, 0.15) is 0 Å². The van der Waals surface area contributed by atoms with Crippen molar-refractivity contribution < 1.29 is 4.79 Å². The summed E-state index contributed by atoms with van der Waals surface area (Å²) in [6.07, 6.45) is 4.05. The first-order valence-electron chi connectivity index (χ1n) is 10.1. The lowest BCUT2D eigenvalue weighted by Gasteiger charge is -2.36. The van der Waals surface area contributed by atoms with Crippen molar-refractivity contribution in [3.05, 3.63) is 70.9 Å². The van der Waals surface area contributed by atoms with E-state index in [1.807, 2.05) is 18.3 Å². The summed E-state index contributed by atoms with van der Waals surface area (Å²) in [4.78, 5) is 20.8. The third-order valence-electron chi connectivity index (χ3n) is 6.29. The molecule has 3 heterocycles. The summed E-state index contributed by atoms with van der Waals surface area (Å²) >= 11 is 0. The van der Waals surface area contributed by atoms with Gasteiger partial charge in [0.2, 0.25) is 0 Å². The molecule has 3 aromatic rings. The molecule has 3 N–H and O–H groups in total. The predicted molar refractivity (Wildman–Crippen MR) is 111 cm³/mol. The lowest BCUT2D eigenvalue weighted by molar-refractivity contribution is 0.0589. The molecule has 2 aliphatic rings. The van der Waals surface area contributed by atoms with Crippen LogP contribution in [0.4, 0.5) is 0 Å². The minimum Gasteiger partial charge on any atom is -0.361 e. The molecule has 1 aromatic heterocycles. The van der Waals surface area contributed by atoms with Gasteiger partial charge in [-0.1, -0.05) is 24.3 Å². The smallest absolute Gasteiger partial charge is 0.255 e. The second-order valence-corrected chi connectivity index (χ2v) is 8.00. The Bertz CT molecular complexity index is 1020. The van der Waals surface area contributed by atoms with Crippen LogP contribution in [0.3, 0.4) is 0 Å². The van der Waals surface area contributed by atoms with Gasteiger partial charge in [0.25, 0.3) is 5.91 Å². The van der Waals surface area contributed by atoms with Crippen molar-refractivity contribution in [1.82, 2.24) is 14.8 Å². The van der Waals surface area contributed by atoms with Crippen molar-refractivity contribution in [2.24, 2.45) is 5.73 Å². The van der Waals surface area contributed by atoms with Gasteiger partial charge < -0.3 is 15.6 Å². The summed E-state index contributed by atoms with van der Waals surface area (Å²) in [5.41, 5.74) is 11.3. The molecule has 2 aromatic carbocycles. The highest BCUT2D eigenvalue weighted by Crippen LogP contribution is 2.31. The molecule has 0 bridgehead atoms. The molecule has 0 aliphatic carbocycles.